The SMILES string of the molecule is [B]C([B])(F)C([B])([B])C([B])([B])Oc1ccc(Sc2ccccc2N)c(C(N)=O)c1. The Bertz CT molecular complexity index is 892. The number of nitrogen functional groups attached to an aromatic ring is 1. The van der Waals surface area contributed by atoms with Gasteiger partial charge in [-0.2, -0.15) is 0 Å². The molecule has 0 bridgehead atoms. The number of hydrogen-bond acceptors (Lipinski definition) is 4. The zero-order valence-electron chi connectivity index (χ0n) is 14.8. The monoisotopic (exact) mass is 380 g/mol. The van der Waals surface area contributed by atoms with Crippen LogP contribution in [0.2, 0.25) is 5.21 Å². The van der Waals surface area contributed by atoms with Crippen molar-refractivity contribution in [3.63, 3.8) is 0 Å². The van der Waals surface area contributed by atoms with Gasteiger partial charge in [0.2, 0.25) is 5.91 Å². The minimum Gasteiger partial charge on any atom is -0.508 e. The average molecular weight is 379 g/mol. The van der Waals surface area contributed by atoms with Crippen molar-refractivity contribution in [3.05, 3.63) is 48.0 Å². The molecule has 2 rings (SSSR count). The number of nitrogens with two attached hydrogens (primary N) is 2. The van der Waals surface area contributed by atoms with Gasteiger partial charge in [0.05, 0.1) is 21.3 Å². The first kappa shape index (κ1) is 22.5. The van der Waals surface area contributed by atoms with Gasteiger partial charge >= 0.3 is 0 Å². The summed E-state index contributed by atoms with van der Waals surface area (Å²) in [4.78, 5) is 13.1. The molecule has 2 aromatic carbocycles. The molecule has 2 aromatic rings. The summed E-state index contributed by atoms with van der Waals surface area (Å²) in [6, 6.07) is 11.2. The molecule has 4 N–H and O–H groups in total. The van der Waals surface area contributed by atoms with Crippen LogP contribution in [0.1, 0.15) is 10.4 Å². The molecule has 0 aromatic heterocycles. The van der Waals surface area contributed by atoms with Crippen LogP contribution >= 0.6 is 11.8 Å². The Labute approximate surface area is 175 Å². The molecule has 28 heavy (non-hydrogen) atoms. The highest BCUT2D eigenvalue weighted by atomic mass is 32.2. The van der Waals surface area contributed by atoms with Crippen molar-refractivity contribution in [3.8, 4) is 5.75 Å². The second-order valence-corrected chi connectivity index (χ2v) is 7.28. The number of halogens is 1. The van der Waals surface area contributed by atoms with Crippen molar-refractivity contribution in [2.45, 2.75) is 25.9 Å². The summed E-state index contributed by atoms with van der Waals surface area (Å²) in [6.07, 6.45) is 0. The van der Waals surface area contributed by atoms with Crippen molar-refractivity contribution in [1.29, 1.82) is 0 Å². The number of alkyl halides is 1. The van der Waals surface area contributed by atoms with E-state index in [1.54, 1.807) is 24.3 Å². The van der Waals surface area contributed by atoms with Gasteiger partial charge in [0.1, 0.15) is 37.1 Å². The number of ether oxygens (including phenoxy) is 1. The predicted molar refractivity (Wildman–Crippen MR) is 114 cm³/mol. The number of carbonyl (C=O) groups excluding carboxylic acids is 1. The van der Waals surface area contributed by atoms with Crippen molar-refractivity contribution in [2.24, 2.45) is 5.73 Å². The van der Waals surface area contributed by atoms with E-state index < -0.39 is 22.0 Å². The number of amides is 1. The molecule has 0 saturated heterocycles. The molecule has 0 spiro atoms. The summed E-state index contributed by atoms with van der Waals surface area (Å²) >= 11 is 1.21. The van der Waals surface area contributed by atoms with Crippen LogP contribution in [0, 0.1) is 0 Å². The lowest BCUT2D eigenvalue weighted by molar-refractivity contribution is 0.0996. The van der Waals surface area contributed by atoms with Gasteiger partial charge in [-0.05, 0) is 30.3 Å². The third kappa shape index (κ3) is 4.59. The topological polar surface area (TPSA) is 78.3 Å². The number of rotatable bonds is 7. The van der Waals surface area contributed by atoms with Crippen LogP contribution in [-0.2, 0) is 0 Å². The number of benzene rings is 2. The second-order valence-electron chi connectivity index (χ2n) is 6.19. The van der Waals surface area contributed by atoms with Gasteiger partial charge in [-0.3, -0.25) is 9.18 Å². The van der Waals surface area contributed by atoms with E-state index in [1.165, 1.54) is 30.0 Å². The molecule has 12 radical (unpaired) electrons. The number of anilines is 1. The van der Waals surface area contributed by atoms with E-state index in [9.17, 15) is 9.18 Å². The van der Waals surface area contributed by atoms with E-state index in [0.29, 0.717) is 15.5 Å². The first-order valence-electron chi connectivity index (χ1n) is 7.83. The Morgan fingerprint density at radius 1 is 1.00 bits per heavy atom. The third-order valence-electron chi connectivity index (χ3n) is 3.92. The lowest BCUT2D eigenvalue weighted by atomic mass is 9.25. The molecule has 0 fully saturated rings. The van der Waals surface area contributed by atoms with E-state index in [1.807, 2.05) is 0 Å². The van der Waals surface area contributed by atoms with E-state index in [2.05, 4.69) is 0 Å². The Kier molecular flexibility index (Phi) is 6.34. The van der Waals surface area contributed by atoms with Gasteiger partial charge in [-0.1, -0.05) is 29.1 Å². The normalized spacial score (nSPS) is 12.5. The summed E-state index contributed by atoms with van der Waals surface area (Å²) in [5.41, 5.74) is 8.79. The van der Waals surface area contributed by atoms with Crippen molar-refractivity contribution >= 4 is 70.4 Å². The Morgan fingerprint density at radius 2 is 1.61 bits per heavy atom. The zero-order valence-corrected chi connectivity index (χ0v) is 15.6. The van der Waals surface area contributed by atoms with Crippen molar-refractivity contribution in [1.82, 2.24) is 0 Å². The van der Waals surface area contributed by atoms with Crippen molar-refractivity contribution in [2.75, 3.05) is 5.73 Å². The highest BCUT2D eigenvalue weighted by molar-refractivity contribution is 7.99. The van der Waals surface area contributed by atoms with Crippen LogP contribution in [0.5, 0.6) is 5.75 Å². The second kappa shape index (κ2) is 7.90. The minimum absolute atomic E-state index is 0.0614. The van der Waals surface area contributed by atoms with Crippen molar-refractivity contribution < 1.29 is 13.9 Å². The molecular weight excluding hydrogens is 368 g/mol. The van der Waals surface area contributed by atoms with E-state index in [-0.39, 0.29) is 11.3 Å². The van der Waals surface area contributed by atoms with Gasteiger partial charge < -0.3 is 16.2 Å². The molecular formula is C16H11B6FN2O2S. The maximum absolute atomic E-state index is 13.9. The van der Waals surface area contributed by atoms with Gasteiger partial charge in [0.15, 0.2) is 0 Å². The Hall–Kier alpha value is -1.82. The quantitative estimate of drug-likeness (QED) is 0.536. The van der Waals surface area contributed by atoms with Gasteiger partial charge in [0.25, 0.3) is 0 Å². The van der Waals surface area contributed by atoms with Crippen LogP contribution in [0.25, 0.3) is 0 Å². The van der Waals surface area contributed by atoms with E-state index in [0.717, 1.165) is 0 Å². The maximum Gasteiger partial charge on any atom is 0.249 e. The Balaban J connectivity index is 2.37. The van der Waals surface area contributed by atoms with E-state index in [4.69, 9.17) is 63.3 Å². The zero-order chi connectivity index (χ0) is 21.3. The molecule has 0 aliphatic rings. The fraction of sp³-hybridized carbons (Fsp3) is 0.188. The molecule has 0 aliphatic heterocycles. The summed E-state index contributed by atoms with van der Waals surface area (Å²) < 4.78 is 19.2. The van der Waals surface area contributed by atoms with Crippen LogP contribution in [-0.4, -0.2) is 63.9 Å². The molecule has 0 heterocycles. The largest absolute Gasteiger partial charge is 0.508 e. The highest BCUT2D eigenvalue weighted by Crippen LogP contribution is 2.42. The summed E-state index contributed by atoms with van der Waals surface area (Å²) in [5.74, 6) is -0.819. The molecule has 12 heteroatoms. The lowest BCUT2D eigenvalue weighted by Crippen LogP contribution is -2.60. The van der Waals surface area contributed by atoms with Crippen LogP contribution in [0.3, 0.4) is 0 Å². The van der Waals surface area contributed by atoms with Gasteiger partial charge in [0, 0.05) is 26.3 Å². The molecule has 0 saturated carbocycles. The maximum atomic E-state index is 13.9. The first-order valence-corrected chi connectivity index (χ1v) is 8.65. The number of primary amides is 1. The average Bonchev–Trinajstić information content (AvgIpc) is 2.56. The summed E-state index contributed by atoms with van der Waals surface area (Å²) in [5, 5.41) is -5.21. The third-order valence-corrected chi connectivity index (χ3v) is 5.09. The van der Waals surface area contributed by atoms with Gasteiger partial charge in [-0.15, -0.1) is 0 Å². The summed E-state index contributed by atoms with van der Waals surface area (Å²) in [7, 11) is 32.6. The van der Waals surface area contributed by atoms with Crippen LogP contribution in [0.15, 0.2) is 52.3 Å². The molecule has 4 nitrogen and oxygen atoms in total. The van der Waals surface area contributed by atoms with Crippen LogP contribution < -0.4 is 16.2 Å². The molecule has 0 aliphatic carbocycles. The number of hydrogen-bond donors (Lipinski definition) is 2. The molecule has 0 atom stereocenters. The Morgan fingerprint density at radius 3 is 2.14 bits per heavy atom. The molecule has 0 unspecified atom stereocenters. The first-order chi connectivity index (χ1) is 12.8. The fourth-order valence-electron chi connectivity index (χ4n) is 2.12. The minimum atomic E-state index is -3.16. The van der Waals surface area contributed by atoms with Crippen LogP contribution in [0.4, 0.5) is 10.1 Å². The fourth-order valence-corrected chi connectivity index (χ4v) is 3.10. The predicted octanol–water partition coefficient (Wildman–Crippen LogP) is 0.302. The highest BCUT2D eigenvalue weighted by Gasteiger charge is 2.47. The summed E-state index contributed by atoms with van der Waals surface area (Å²) in [6.45, 7) is 0. The number of para-hydroxylation sites is 1. The molecule has 1 amide bonds. The smallest absolute Gasteiger partial charge is 0.249 e. The lowest BCUT2D eigenvalue weighted by Gasteiger charge is -2.51. The van der Waals surface area contributed by atoms with E-state index >= 15 is 0 Å². The number of carbonyl (C=O) groups is 1. The molecule has 128 valence electrons. The standard InChI is InChI=1S/C16H11B6FN2O2S/c17-14(18,15(19,20)23)16(21,22)27-8-5-6-11(9(7-8)13(25)26)28-12-4-2-1-3-10(12)24/h1-7H,24H2,(H2,25,26). The van der Waals surface area contributed by atoms with Gasteiger partial charge in [-0.25, -0.2) is 0 Å².